The summed E-state index contributed by atoms with van der Waals surface area (Å²) in [5.41, 5.74) is 1.18. The van der Waals surface area contributed by atoms with Gasteiger partial charge >= 0.3 is 0 Å². The molecule has 0 unspecified atom stereocenters. The van der Waals surface area contributed by atoms with Gasteiger partial charge in [-0.1, -0.05) is 0 Å². The van der Waals surface area contributed by atoms with Crippen LogP contribution in [0.15, 0.2) is 35.7 Å². The number of aromatic nitrogens is 3. The third-order valence-corrected chi connectivity index (χ3v) is 3.71. The highest BCUT2D eigenvalue weighted by molar-refractivity contribution is 7.92. The van der Waals surface area contributed by atoms with Gasteiger partial charge in [0, 0.05) is 6.20 Å². The largest absolute Gasteiger partial charge is 0.278 e. The summed E-state index contributed by atoms with van der Waals surface area (Å²) in [6.45, 7) is 1.78. The van der Waals surface area contributed by atoms with Gasteiger partial charge in [0.1, 0.15) is 4.90 Å². The number of halogens is 1. The predicted molar refractivity (Wildman–Crippen MR) is 66.8 cm³/mol. The van der Waals surface area contributed by atoms with Crippen molar-refractivity contribution in [3.63, 3.8) is 0 Å². The Balaban J connectivity index is 2.33. The van der Waals surface area contributed by atoms with Crippen LogP contribution >= 0.6 is 11.6 Å². The Hall–Kier alpha value is -1.73. The standard InChI is InChI=1S/C10H9ClN4O2S/c1-7-2-3-12-6-9(7)15-18(16,17)8-4-13-10(11)14-5-8/h2-6,15H,1H3. The van der Waals surface area contributed by atoms with Gasteiger partial charge < -0.3 is 0 Å². The van der Waals surface area contributed by atoms with Crippen LogP contribution < -0.4 is 4.72 Å². The highest BCUT2D eigenvalue weighted by Crippen LogP contribution is 2.17. The highest BCUT2D eigenvalue weighted by Gasteiger charge is 2.16. The number of aryl methyl sites for hydroxylation is 1. The molecule has 1 N–H and O–H groups in total. The minimum Gasteiger partial charge on any atom is -0.278 e. The molecule has 0 bridgehead atoms. The van der Waals surface area contributed by atoms with Crippen molar-refractivity contribution in [2.24, 2.45) is 0 Å². The van der Waals surface area contributed by atoms with E-state index in [2.05, 4.69) is 19.7 Å². The Bertz CT molecular complexity index is 658. The van der Waals surface area contributed by atoms with Crippen molar-refractivity contribution in [1.29, 1.82) is 0 Å². The van der Waals surface area contributed by atoms with Gasteiger partial charge in [0.25, 0.3) is 10.0 Å². The molecule has 0 fully saturated rings. The normalized spacial score (nSPS) is 11.2. The lowest BCUT2D eigenvalue weighted by molar-refractivity contribution is 0.600. The van der Waals surface area contributed by atoms with Crippen LogP contribution in [0, 0.1) is 6.92 Å². The summed E-state index contributed by atoms with van der Waals surface area (Å²) >= 11 is 5.50. The molecule has 18 heavy (non-hydrogen) atoms. The molecule has 2 aromatic heterocycles. The Morgan fingerprint density at radius 2 is 1.89 bits per heavy atom. The summed E-state index contributed by atoms with van der Waals surface area (Å²) in [4.78, 5) is 11.1. The van der Waals surface area contributed by atoms with Crippen LogP contribution in [-0.4, -0.2) is 23.4 Å². The average molecular weight is 285 g/mol. The van der Waals surface area contributed by atoms with E-state index in [4.69, 9.17) is 11.6 Å². The second-order valence-electron chi connectivity index (χ2n) is 3.48. The maximum atomic E-state index is 12.0. The summed E-state index contributed by atoms with van der Waals surface area (Å²) in [5, 5.41) is -0.00786. The fourth-order valence-corrected chi connectivity index (χ4v) is 2.32. The summed E-state index contributed by atoms with van der Waals surface area (Å²) < 4.78 is 26.4. The topological polar surface area (TPSA) is 84.8 Å². The third-order valence-electron chi connectivity index (χ3n) is 2.19. The Morgan fingerprint density at radius 3 is 2.50 bits per heavy atom. The number of pyridine rings is 1. The molecule has 0 aliphatic rings. The van der Waals surface area contributed by atoms with Crippen LogP contribution in [-0.2, 0) is 10.0 Å². The molecule has 0 spiro atoms. The molecule has 0 atom stereocenters. The number of hydrogen-bond acceptors (Lipinski definition) is 5. The van der Waals surface area contributed by atoms with E-state index < -0.39 is 10.0 Å². The zero-order valence-corrected chi connectivity index (χ0v) is 10.9. The van der Waals surface area contributed by atoms with E-state index in [-0.39, 0.29) is 10.2 Å². The predicted octanol–water partition coefficient (Wildman–Crippen LogP) is 1.63. The van der Waals surface area contributed by atoms with Crippen LogP contribution in [0.25, 0.3) is 0 Å². The van der Waals surface area contributed by atoms with Crippen LogP contribution in [0.5, 0.6) is 0 Å². The quantitative estimate of drug-likeness (QED) is 0.866. The van der Waals surface area contributed by atoms with Gasteiger partial charge in [0.05, 0.1) is 24.3 Å². The van der Waals surface area contributed by atoms with Crippen molar-refractivity contribution in [3.8, 4) is 0 Å². The molecule has 8 heteroatoms. The molecule has 2 heterocycles. The van der Waals surface area contributed by atoms with Crippen LogP contribution in [0.2, 0.25) is 5.28 Å². The first-order valence-electron chi connectivity index (χ1n) is 4.90. The molecule has 0 aliphatic carbocycles. The smallest absolute Gasteiger partial charge is 0.265 e. The number of sulfonamides is 1. The first-order valence-corrected chi connectivity index (χ1v) is 6.76. The summed E-state index contributed by atoms with van der Waals surface area (Å²) in [5.74, 6) is 0. The number of hydrogen-bond donors (Lipinski definition) is 1. The fourth-order valence-electron chi connectivity index (χ4n) is 1.21. The maximum absolute atomic E-state index is 12.0. The number of rotatable bonds is 3. The van der Waals surface area contributed by atoms with E-state index in [0.29, 0.717) is 5.69 Å². The van der Waals surface area contributed by atoms with E-state index in [1.807, 2.05) is 0 Å². The van der Waals surface area contributed by atoms with Crippen LogP contribution in [0.1, 0.15) is 5.56 Å². The lowest BCUT2D eigenvalue weighted by atomic mass is 10.3. The van der Waals surface area contributed by atoms with Crippen molar-refractivity contribution in [3.05, 3.63) is 41.7 Å². The minimum atomic E-state index is -3.73. The zero-order chi connectivity index (χ0) is 13.2. The SMILES string of the molecule is Cc1ccncc1NS(=O)(=O)c1cnc(Cl)nc1. The molecular weight excluding hydrogens is 276 g/mol. The van der Waals surface area contributed by atoms with Crippen molar-refractivity contribution < 1.29 is 8.42 Å². The van der Waals surface area contributed by atoms with Gasteiger partial charge in [-0.15, -0.1) is 0 Å². The first kappa shape index (κ1) is 12.7. The summed E-state index contributed by atoms with van der Waals surface area (Å²) in [6, 6.07) is 1.70. The van der Waals surface area contributed by atoms with Gasteiger partial charge in [0.15, 0.2) is 0 Å². The van der Waals surface area contributed by atoms with Crippen LogP contribution in [0.4, 0.5) is 5.69 Å². The molecule has 0 amide bonds. The second kappa shape index (κ2) is 4.87. The van der Waals surface area contributed by atoms with Gasteiger partial charge in [-0.25, -0.2) is 18.4 Å². The first-order chi connectivity index (χ1) is 8.49. The number of nitrogens with zero attached hydrogens (tertiary/aromatic N) is 3. The minimum absolute atomic E-state index is 0.00786. The van der Waals surface area contributed by atoms with Gasteiger partial charge in [0.2, 0.25) is 5.28 Å². The molecular formula is C10H9ClN4O2S. The molecule has 0 aliphatic heterocycles. The van der Waals surface area contributed by atoms with E-state index in [9.17, 15) is 8.42 Å². The monoisotopic (exact) mass is 284 g/mol. The summed E-state index contributed by atoms with van der Waals surface area (Å²) in [6.07, 6.45) is 5.30. The molecule has 2 aromatic rings. The number of anilines is 1. The van der Waals surface area contributed by atoms with E-state index >= 15 is 0 Å². The second-order valence-corrected chi connectivity index (χ2v) is 5.50. The lowest BCUT2D eigenvalue weighted by Crippen LogP contribution is -2.14. The van der Waals surface area contributed by atoms with E-state index in [0.717, 1.165) is 18.0 Å². The number of nitrogens with one attached hydrogen (secondary N) is 1. The van der Waals surface area contributed by atoms with Crippen molar-refractivity contribution in [2.75, 3.05) is 4.72 Å². The van der Waals surface area contributed by atoms with Crippen molar-refractivity contribution in [2.45, 2.75) is 11.8 Å². The van der Waals surface area contributed by atoms with Crippen molar-refractivity contribution >= 4 is 27.3 Å². The van der Waals surface area contributed by atoms with Gasteiger partial charge in [-0.05, 0) is 30.2 Å². The Kier molecular flexibility index (Phi) is 3.44. The van der Waals surface area contributed by atoms with Gasteiger partial charge in [-0.3, -0.25) is 9.71 Å². The lowest BCUT2D eigenvalue weighted by Gasteiger charge is -2.09. The molecule has 2 rings (SSSR count). The Labute approximate surface area is 109 Å². The molecule has 0 saturated carbocycles. The fraction of sp³-hybridized carbons (Fsp3) is 0.100. The molecule has 0 radical (unpaired) electrons. The van der Waals surface area contributed by atoms with Gasteiger partial charge in [-0.2, -0.15) is 0 Å². The molecule has 0 saturated heterocycles. The molecule has 94 valence electrons. The van der Waals surface area contributed by atoms with E-state index in [1.54, 1.807) is 19.2 Å². The summed E-state index contributed by atoms with van der Waals surface area (Å²) in [7, 11) is -3.73. The maximum Gasteiger partial charge on any atom is 0.265 e. The average Bonchev–Trinajstić information content (AvgIpc) is 2.32. The zero-order valence-electron chi connectivity index (χ0n) is 9.33. The highest BCUT2D eigenvalue weighted by atomic mass is 35.5. The third kappa shape index (κ3) is 2.74. The molecule has 0 aromatic carbocycles. The van der Waals surface area contributed by atoms with Crippen LogP contribution in [0.3, 0.4) is 0 Å². The van der Waals surface area contributed by atoms with Crippen molar-refractivity contribution in [1.82, 2.24) is 15.0 Å². The van der Waals surface area contributed by atoms with E-state index in [1.165, 1.54) is 6.20 Å². The molecule has 6 nitrogen and oxygen atoms in total. The Morgan fingerprint density at radius 1 is 1.22 bits per heavy atom.